The van der Waals surface area contributed by atoms with Gasteiger partial charge in [0, 0.05) is 13.0 Å². The molecule has 1 aliphatic heterocycles. The van der Waals surface area contributed by atoms with Gasteiger partial charge in [0.05, 0.1) is 29.0 Å². The Morgan fingerprint density at radius 2 is 1.81 bits per heavy atom. The molecule has 0 bridgehead atoms. The Balaban J connectivity index is 1.58. The number of nitrogens with one attached hydrogen (secondary N) is 1. The minimum absolute atomic E-state index is 0.0105. The maximum Gasteiger partial charge on any atom is 0.217 e. The molecular weight excluding hydrogens is 338 g/mol. The van der Waals surface area contributed by atoms with Crippen molar-refractivity contribution < 1.29 is 9.53 Å². The number of fused-ring (bicyclic) bond motifs is 1. The van der Waals surface area contributed by atoms with E-state index in [0.29, 0.717) is 6.42 Å². The molecule has 1 amide bonds. The van der Waals surface area contributed by atoms with Crippen LogP contribution in [0.2, 0.25) is 0 Å². The van der Waals surface area contributed by atoms with Gasteiger partial charge in [-0.05, 0) is 37.0 Å². The number of amides is 1. The van der Waals surface area contributed by atoms with E-state index in [0.717, 1.165) is 29.6 Å². The van der Waals surface area contributed by atoms with Crippen molar-refractivity contribution in [3.05, 3.63) is 72.1 Å². The summed E-state index contributed by atoms with van der Waals surface area (Å²) in [5.74, 6) is -0.0105. The van der Waals surface area contributed by atoms with E-state index in [2.05, 4.69) is 22.4 Å². The minimum Gasteiger partial charge on any atom is -0.368 e. The zero-order valence-electron chi connectivity index (χ0n) is 15.3. The Labute approximate surface area is 158 Å². The third-order valence-electron chi connectivity index (χ3n) is 4.91. The Bertz CT molecular complexity index is 929. The summed E-state index contributed by atoms with van der Waals surface area (Å²) in [4.78, 5) is 20.9. The molecule has 138 valence electrons. The highest BCUT2D eigenvalue weighted by molar-refractivity contribution is 5.74. The van der Waals surface area contributed by atoms with Gasteiger partial charge in [-0.2, -0.15) is 0 Å². The van der Waals surface area contributed by atoms with E-state index < -0.39 is 0 Å². The first kappa shape index (κ1) is 17.6. The predicted octanol–water partition coefficient (Wildman–Crippen LogP) is 3.60. The Kier molecular flexibility index (Phi) is 5.12. The van der Waals surface area contributed by atoms with Gasteiger partial charge in [-0.25, -0.2) is 4.98 Å². The number of hydrogen-bond donors (Lipinski definition) is 1. The molecule has 2 aromatic carbocycles. The fourth-order valence-corrected chi connectivity index (χ4v) is 3.75. The van der Waals surface area contributed by atoms with Crippen molar-refractivity contribution in [3.63, 3.8) is 0 Å². The summed E-state index contributed by atoms with van der Waals surface area (Å²) < 4.78 is 6.38. The quantitative estimate of drug-likeness (QED) is 0.771. The molecule has 5 nitrogen and oxygen atoms in total. The van der Waals surface area contributed by atoms with Gasteiger partial charge in [0.15, 0.2) is 0 Å². The Morgan fingerprint density at radius 3 is 2.59 bits per heavy atom. The van der Waals surface area contributed by atoms with Crippen LogP contribution >= 0.6 is 0 Å². The van der Waals surface area contributed by atoms with Crippen LogP contribution in [0.5, 0.6) is 0 Å². The van der Waals surface area contributed by atoms with Crippen LogP contribution in [0, 0.1) is 0 Å². The second kappa shape index (κ2) is 7.84. The molecule has 0 saturated carbocycles. The topological polar surface area (TPSA) is 64.1 Å². The lowest BCUT2D eigenvalue weighted by Gasteiger charge is -2.35. The third kappa shape index (κ3) is 4.31. The number of benzene rings is 2. The van der Waals surface area contributed by atoms with Gasteiger partial charge in [-0.1, -0.05) is 42.5 Å². The molecule has 1 saturated heterocycles. The van der Waals surface area contributed by atoms with Crippen molar-refractivity contribution in [2.24, 2.45) is 0 Å². The molecule has 1 aliphatic rings. The minimum atomic E-state index is -0.179. The summed E-state index contributed by atoms with van der Waals surface area (Å²) in [5, 5.41) is 3.07. The number of aromatic nitrogens is 2. The molecule has 2 heterocycles. The Morgan fingerprint density at radius 1 is 1.07 bits per heavy atom. The second-order valence-corrected chi connectivity index (χ2v) is 7.09. The van der Waals surface area contributed by atoms with Gasteiger partial charge in [0.1, 0.15) is 6.10 Å². The van der Waals surface area contributed by atoms with Gasteiger partial charge in [-0.3, -0.25) is 9.78 Å². The lowest BCUT2D eigenvalue weighted by Crippen LogP contribution is -2.43. The monoisotopic (exact) mass is 361 g/mol. The van der Waals surface area contributed by atoms with Gasteiger partial charge < -0.3 is 10.1 Å². The first-order valence-corrected chi connectivity index (χ1v) is 9.35. The lowest BCUT2D eigenvalue weighted by atomic mass is 9.93. The van der Waals surface area contributed by atoms with E-state index in [9.17, 15) is 4.79 Å². The molecule has 3 aromatic rings. The first-order chi connectivity index (χ1) is 13.2. The molecule has 3 atom stereocenters. The molecule has 4 rings (SSSR count). The van der Waals surface area contributed by atoms with Gasteiger partial charge in [0.2, 0.25) is 5.91 Å². The normalized spacial score (nSPS) is 22.5. The van der Waals surface area contributed by atoms with Gasteiger partial charge >= 0.3 is 0 Å². The second-order valence-electron chi connectivity index (χ2n) is 7.09. The van der Waals surface area contributed by atoms with Crippen LogP contribution in [0.4, 0.5) is 0 Å². The van der Waals surface area contributed by atoms with Crippen LogP contribution in [0.1, 0.15) is 37.1 Å². The fourth-order valence-electron chi connectivity index (χ4n) is 3.75. The number of carbonyl (C=O) groups excluding carboxylic acids is 1. The van der Waals surface area contributed by atoms with E-state index in [1.54, 1.807) is 13.1 Å². The number of carbonyl (C=O) groups is 1. The summed E-state index contributed by atoms with van der Waals surface area (Å²) in [6, 6.07) is 18.2. The van der Waals surface area contributed by atoms with Crippen molar-refractivity contribution >= 4 is 16.9 Å². The van der Waals surface area contributed by atoms with Crippen LogP contribution in [0.15, 0.2) is 60.8 Å². The highest BCUT2D eigenvalue weighted by Crippen LogP contribution is 2.32. The molecule has 0 radical (unpaired) electrons. The first-order valence-electron chi connectivity index (χ1n) is 9.35. The average Bonchev–Trinajstić information content (AvgIpc) is 2.68. The largest absolute Gasteiger partial charge is 0.368 e. The molecular formula is C22H23N3O2. The van der Waals surface area contributed by atoms with E-state index in [1.165, 1.54) is 5.56 Å². The molecule has 5 heteroatoms. The average molecular weight is 361 g/mol. The maximum absolute atomic E-state index is 11.6. The van der Waals surface area contributed by atoms with E-state index in [-0.39, 0.29) is 24.2 Å². The number of hydrogen-bond acceptors (Lipinski definition) is 4. The lowest BCUT2D eigenvalue weighted by molar-refractivity contribution is -0.122. The number of ether oxygens (including phenoxy) is 1. The van der Waals surface area contributed by atoms with E-state index >= 15 is 0 Å². The van der Waals surface area contributed by atoms with Crippen molar-refractivity contribution in [2.45, 2.75) is 44.4 Å². The molecule has 0 spiro atoms. The molecule has 27 heavy (non-hydrogen) atoms. The molecule has 1 aromatic heterocycles. The molecule has 0 aliphatic carbocycles. The SMILES string of the molecule is CC(=O)N[C@H]1C[C@@H](Cc2ccccc2)O[C@@H](c2cnc3ccccc3n2)C1. The molecule has 0 unspecified atom stereocenters. The van der Waals surface area contributed by atoms with Crippen molar-refractivity contribution in [3.8, 4) is 0 Å². The molecule has 1 N–H and O–H groups in total. The van der Waals surface area contributed by atoms with Crippen LogP contribution < -0.4 is 5.32 Å². The fraction of sp³-hybridized carbons (Fsp3) is 0.318. The van der Waals surface area contributed by atoms with Crippen LogP contribution in [0.3, 0.4) is 0 Å². The summed E-state index contributed by atoms with van der Waals surface area (Å²) >= 11 is 0. The zero-order chi connectivity index (χ0) is 18.6. The van der Waals surface area contributed by atoms with E-state index in [4.69, 9.17) is 9.72 Å². The van der Waals surface area contributed by atoms with Gasteiger partial charge in [0.25, 0.3) is 0 Å². The number of para-hydroxylation sites is 2. The maximum atomic E-state index is 11.6. The predicted molar refractivity (Wildman–Crippen MR) is 104 cm³/mol. The van der Waals surface area contributed by atoms with Crippen molar-refractivity contribution in [1.29, 1.82) is 0 Å². The van der Waals surface area contributed by atoms with Crippen LogP contribution in [-0.4, -0.2) is 28.0 Å². The number of nitrogens with zero attached hydrogens (tertiary/aromatic N) is 2. The standard InChI is InChI=1S/C22H23N3O2/c1-15(26)24-17-12-18(11-16-7-3-2-4-8-16)27-22(13-17)21-14-23-19-9-5-6-10-20(19)25-21/h2-10,14,17-18,22H,11-13H2,1H3,(H,24,26)/t17-,18+,22+/m0/s1. The molecule has 1 fully saturated rings. The van der Waals surface area contributed by atoms with Crippen LogP contribution in [-0.2, 0) is 16.0 Å². The number of rotatable bonds is 4. The van der Waals surface area contributed by atoms with Crippen molar-refractivity contribution in [1.82, 2.24) is 15.3 Å². The smallest absolute Gasteiger partial charge is 0.217 e. The van der Waals surface area contributed by atoms with Crippen molar-refractivity contribution in [2.75, 3.05) is 0 Å². The summed E-state index contributed by atoms with van der Waals surface area (Å²) in [5.41, 5.74) is 3.78. The van der Waals surface area contributed by atoms with Gasteiger partial charge in [-0.15, -0.1) is 0 Å². The Hall–Kier alpha value is -2.79. The summed E-state index contributed by atoms with van der Waals surface area (Å²) in [7, 11) is 0. The summed E-state index contributed by atoms with van der Waals surface area (Å²) in [6.07, 6.45) is 3.96. The van der Waals surface area contributed by atoms with E-state index in [1.807, 2.05) is 42.5 Å². The third-order valence-corrected chi connectivity index (χ3v) is 4.91. The van der Waals surface area contributed by atoms with Crippen LogP contribution in [0.25, 0.3) is 11.0 Å². The summed E-state index contributed by atoms with van der Waals surface area (Å²) in [6.45, 7) is 1.56. The highest BCUT2D eigenvalue weighted by atomic mass is 16.5. The zero-order valence-corrected chi connectivity index (χ0v) is 15.3. The highest BCUT2D eigenvalue weighted by Gasteiger charge is 2.32.